The number of aliphatic hydroxyl groups excluding tert-OH is 4. The Hall–Kier alpha value is -5.19. The van der Waals surface area contributed by atoms with E-state index < -0.39 is 61.0 Å². The standard InChI is InChI=1S/C42H51N5O10/c1-9-22-18(3)26-14-28-20(5)24(11-12-33(49)47-41-40(53)39(52)38(51)32(17-48)57-41)36(45-28)25(13-34(50)55-7)37-35(42(54)56-8)21(6)29(46-37)16-31-23(10-2)19(4)27(44-31)15-30(22)43-26/h9,14-16,20,24,32,38-41,43-44,48,51-53H,1,10-13,17H2,2-8H3,(H,47,49)/t20-,24-,32+,38-,39-,40+,41+/m0/s1. The molecule has 7 atom stereocenters. The van der Waals surface area contributed by atoms with Crippen molar-refractivity contribution >= 4 is 57.1 Å². The summed E-state index contributed by atoms with van der Waals surface area (Å²) in [5.41, 5.74) is 10.2. The zero-order valence-electron chi connectivity index (χ0n) is 33.2. The van der Waals surface area contributed by atoms with Crippen LogP contribution in [0.15, 0.2) is 24.8 Å². The molecule has 6 rings (SSSR count). The fourth-order valence-corrected chi connectivity index (χ4v) is 8.14. The maximum absolute atomic E-state index is 13.6. The molecule has 15 heteroatoms. The number of rotatable bonds is 10. The van der Waals surface area contributed by atoms with E-state index in [0.29, 0.717) is 34.6 Å². The number of esters is 2. The molecule has 1 saturated heterocycles. The van der Waals surface area contributed by atoms with E-state index in [2.05, 4.69) is 35.7 Å². The van der Waals surface area contributed by atoms with Gasteiger partial charge in [0, 0.05) is 57.1 Å². The molecular formula is C42H51N5O10. The van der Waals surface area contributed by atoms with Gasteiger partial charge in [0.15, 0.2) is 6.23 Å². The quantitative estimate of drug-likeness (QED) is 0.147. The second-order valence-corrected chi connectivity index (χ2v) is 14.8. The van der Waals surface area contributed by atoms with Crippen LogP contribution in [-0.4, -0.2) is 110 Å². The third-order valence-electron chi connectivity index (χ3n) is 11.5. The van der Waals surface area contributed by atoms with Crippen molar-refractivity contribution in [2.24, 2.45) is 0 Å². The van der Waals surface area contributed by atoms with E-state index in [0.717, 1.165) is 44.3 Å². The summed E-state index contributed by atoms with van der Waals surface area (Å²) in [6, 6.07) is 5.88. The summed E-state index contributed by atoms with van der Waals surface area (Å²) in [5, 5.41) is 43.2. The summed E-state index contributed by atoms with van der Waals surface area (Å²) in [5.74, 6) is -2.61. The number of methoxy groups -OCH3 is 2. The van der Waals surface area contributed by atoms with Crippen LogP contribution in [0.3, 0.4) is 0 Å². The minimum Gasteiger partial charge on any atom is -0.469 e. The normalized spacial score (nSPS) is 23.3. The molecule has 1 amide bonds. The van der Waals surface area contributed by atoms with Crippen molar-refractivity contribution in [2.75, 3.05) is 20.8 Å². The summed E-state index contributed by atoms with van der Waals surface area (Å²) < 4.78 is 15.9. The number of aliphatic hydroxyl groups is 4. The van der Waals surface area contributed by atoms with Gasteiger partial charge in [-0.25, -0.2) is 9.78 Å². The van der Waals surface area contributed by atoms with Gasteiger partial charge in [-0.1, -0.05) is 26.5 Å². The first-order chi connectivity index (χ1) is 27.2. The van der Waals surface area contributed by atoms with Crippen LogP contribution in [0.25, 0.3) is 39.3 Å². The van der Waals surface area contributed by atoms with Crippen LogP contribution < -0.4 is 5.32 Å². The maximum Gasteiger partial charge on any atom is 0.340 e. The molecule has 304 valence electrons. The van der Waals surface area contributed by atoms with Crippen molar-refractivity contribution in [3.8, 4) is 0 Å². The van der Waals surface area contributed by atoms with Crippen molar-refractivity contribution in [1.82, 2.24) is 25.3 Å². The van der Waals surface area contributed by atoms with Crippen LogP contribution in [-0.2, 0) is 41.4 Å². The van der Waals surface area contributed by atoms with Gasteiger partial charge < -0.3 is 49.9 Å². The number of H-pyrrole nitrogens is 2. The number of aromatic amines is 2. The Bertz CT molecular complexity index is 2310. The summed E-state index contributed by atoms with van der Waals surface area (Å²) in [7, 11) is 2.55. The molecule has 15 nitrogen and oxygen atoms in total. The van der Waals surface area contributed by atoms with Gasteiger partial charge in [-0.2, -0.15) is 0 Å². The van der Waals surface area contributed by atoms with Crippen molar-refractivity contribution in [3.63, 3.8) is 0 Å². The molecule has 3 aliphatic rings. The van der Waals surface area contributed by atoms with Gasteiger partial charge in [-0.3, -0.25) is 14.6 Å². The van der Waals surface area contributed by atoms with E-state index in [1.165, 1.54) is 14.2 Å². The molecule has 0 radical (unpaired) electrons. The lowest BCUT2D eigenvalue weighted by molar-refractivity contribution is -0.236. The smallest absolute Gasteiger partial charge is 0.340 e. The van der Waals surface area contributed by atoms with Crippen LogP contribution in [0.5, 0.6) is 0 Å². The summed E-state index contributed by atoms with van der Waals surface area (Å²) in [4.78, 5) is 57.6. The van der Waals surface area contributed by atoms with Crippen molar-refractivity contribution < 1.29 is 49.0 Å². The fourth-order valence-electron chi connectivity index (χ4n) is 8.14. The number of nitrogens with one attached hydrogen (secondary N) is 3. The van der Waals surface area contributed by atoms with Gasteiger partial charge in [0.25, 0.3) is 0 Å². The van der Waals surface area contributed by atoms with Gasteiger partial charge >= 0.3 is 11.9 Å². The lowest BCUT2D eigenvalue weighted by atomic mass is 9.84. The lowest BCUT2D eigenvalue weighted by Gasteiger charge is -2.40. The molecule has 3 aliphatic heterocycles. The van der Waals surface area contributed by atoms with Crippen LogP contribution in [0, 0.1) is 13.8 Å². The maximum atomic E-state index is 13.6. The average molecular weight is 786 g/mol. The molecule has 57 heavy (non-hydrogen) atoms. The van der Waals surface area contributed by atoms with Crippen LogP contribution >= 0.6 is 0 Å². The fraction of sp³-hybridized carbons (Fsp3) is 0.452. The monoisotopic (exact) mass is 785 g/mol. The molecule has 8 bridgehead atoms. The number of aromatic nitrogens is 4. The highest BCUT2D eigenvalue weighted by Gasteiger charge is 2.44. The molecule has 0 unspecified atom stereocenters. The second kappa shape index (κ2) is 16.7. The molecule has 3 aromatic rings. The predicted octanol–water partition coefficient (Wildman–Crippen LogP) is 3.54. The van der Waals surface area contributed by atoms with E-state index >= 15 is 0 Å². The number of allylic oxidation sites excluding steroid dienone is 1. The number of hydrogen-bond acceptors (Lipinski definition) is 12. The lowest BCUT2D eigenvalue weighted by Crippen LogP contribution is -2.63. The largest absolute Gasteiger partial charge is 0.469 e. The second-order valence-electron chi connectivity index (χ2n) is 14.8. The SMILES string of the molecule is C=Cc1c(C)c2cc3nc(c(CC(=O)OC)c4nc(cc5[nH]c(cc1[nH]2)c(C)c5CC)C(C)=C4C(=O)OC)[C@@H](CCC(=O)N[C@@H]1O[C@H](CO)[C@H](O)[C@H](O)[C@H]1O)[C@@H]3C. The molecule has 0 aromatic carbocycles. The number of carbonyl (C=O) groups is 3. The Kier molecular flexibility index (Phi) is 12.2. The zero-order chi connectivity index (χ0) is 41.5. The topological polar surface area (TPSA) is 229 Å². The van der Waals surface area contributed by atoms with Crippen molar-refractivity contribution in [2.45, 2.75) is 103 Å². The van der Waals surface area contributed by atoms with E-state index in [9.17, 15) is 34.8 Å². The van der Waals surface area contributed by atoms with E-state index in [1.54, 1.807) is 13.0 Å². The Morgan fingerprint density at radius 3 is 2.28 bits per heavy atom. The number of fused-ring (bicyclic) bond motifs is 8. The third kappa shape index (κ3) is 7.65. The van der Waals surface area contributed by atoms with Gasteiger partial charge in [-0.05, 0) is 74.1 Å². The summed E-state index contributed by atoms with van der Waals surface area (Å²) in [6.45, 7) is 13.3. The number of nitrogens with zero attached hydrogens (tertiary/aromatic N) is 2. The van der Waals surface area contributed by atoms with Crippen molar-refractivity contribution in [1.29, 1.82) is 0 Å². The molecule has 0 aliphatic carbocycles. The van der Waals surface area contributed by atoms with Crippen molar-refractivity contribution in [3.05, 3.63) is 75.4 Å². The minimum atomic E-state index is -1.66. The first kappa shape index (κ1) is 41.4. The Morgan fingerprint density at radius 1 is 0.930 bits per heavy atom. The molecule has 7 N–H and O–H groups in total. The van der Waals surface area contributed by atoms with Crippen LogP contribution in [0.4, 0.5) is 0 Å². The molecular weight excluding hydrogens is 734 g/mol. The van der Waals surface area contributed by atoms with Crippen LogP contribution in [0.2, 0.25) is 0 Å². The van der Waals surface area contributed by atoms with Gasteiger partial charge in [0.2, 0.25) is 5.91 Å². The first-order valence-corrected chi connectivity index (χ1v) is 19.0. The Morgan fingerprint density at radius 2 is 1.63 bits per heavy atom. The number of hydrogen-bond donors (Lipinski definition) is 7. The Balaban J connectivity index is 1.59. The number of aryl methyl sites for hydroxylation is 3. The van der Waals surface area contributed by atoms with E-state index in [4.69, 9.17) is 24.2 Å². The van der Waals surface area contributed by atoms with E-state index in [-0.39, 0.29) is 36.4 Å². The Labute approximate surface area is 329 Å². The zero-order valence-corrected chi connectivity index (χ0v) is 33.2. The highest BCUT2D eigenvalue weighted by molar-refractivity contribution is 6.25. The highest BCUT2D eigenvalue weighted by Crippen LogP contribution is 2.44. The molecule has 3 aromatic heterocycles. The van der Waals surface area contributed by atoms with Crippen LogP contribution in [0.1, 0.15) is 96.0 Å². The number of ether oxygens (including phenoxy) is 3. The third-order valence-corrected chi connectivity index (χ3v) is 11.5. The van der Waals surface area contributed by atoms with E-state index in [1.807, 2.05) is 32.0 Å². The summed E-state index contributed by atoms with van der Waals surface area (Å²) >= 11 is 0. The number of amides is 1. The minimum absolute atomic E-state index is 0.118. The van der Waals surface area contributed by atoms with Gasteiger partial charge in [0.05, 0.1) is 49.9 Å². The molecule has 6 heterocycles. The predicted molar refractivity (Wildman–Crippen MR) is 212 cm³/mol. The highest BCUT2D eigenvalue weighted by atomic mass is 16.6. The summed E-state index contributed by atoms with van der Waals surface area (Å²) in [6.07, 6.45) is -5.21. The molecule has 1 fully saturated rings. The van der Waals surface area contributed by atoms with Gasteiger partial charge in [0.1, 0.15) is 24.4 Å². The number of carbonyl (C=O) groups excluding carboxylic acids is 3. The molecule has 0 spiro atoms. The van der Waals surface area contributed by atoms with Gasteiger partial charge in [-0.15, -0.1) is 0 Å². The molecule has 0 saturated carbocycles. The average Bonchev–Trinajstić information content (AvgIpc) is 3.88. The first-order valence-electron chi connectivity index (χ1n) is 19.0.